The van der Waals surface area contributed by atoms with Crippen LogP contribution >= 0.6 is 0 Å². The van der Waals surface area contributed by atoms with Crippen molar-refractivity contribution in [3.8, 4) is 0 Å². The molecular formula is C21H14N4O4. The Labute approximate surface area is 164 Å². The molecule has 2 heterocycles. The van der Waals surface area contributed by atoms with E-state index in [2.05, 4.69) is 15.3 Å². The SMILES string of the molecule is O=C(c1ccncc1)c1c(Nc2ccc([N+](=O)[O-])cc2)[nH]c(=O)c2ccccc12. The number of aromatic nitrogens is 2. The van der Waals surface area contributed by atoms with E-state index in [0.29, 0.717) is 27.6 Å². The number of hydrogen-bond acceptors (Lipinski definition) is 6. The van der Waals surface area contributed by atoms with Crippen LogP contribution < -0.4 is 10.9 Å². The number of anilines is 2. The van der Waals surface area contributed by atoms with Gasteiger partial charge in [0.15, 0.2) is 5.78 Å². The molecule has 2 N–H and O–H groups in total. The van der Waals surface area contributed by atoms with E-state index in [1.54, 1.807) is 36.4 Å². The Hall–Kier alpha value is -4.33. The van der Waals surface area contributed by atoms with Gasteiger partial charge in [0, 0.05) is 46.5 Å². The van der Waals surface area contributed by atoms with Gasteiger partial charge < -0.3 is 10.3 Å². The predicted molar refractivity (Wildman–Crippen MR) is 109 cm³/mol. The maximum Gasteiger partial charge on any atom is 0.269 e. The van der Waals surface area contributed by atoms with Crippen LogP contribution in [0.15, 0.2) is 77.9 Å². The molecule has 8 nitrogen and oxygen atoms in total. The monoisotopic (exact) mass is 386 g/mol. The average Bonchev–Trinajstić information content (AvgIpc) is 2.75. The topological polar surface area (TPSA) is 118 Å². The van der Waals surface area contributed by atoms with Crippen LogP contribution in [0.25, 0.3) is 10.8 Å². The third kappa shape index (κ3) is 3.46. The summed E-state index contributed by atoms with van der Waals surface area (Å²) in [6.07, 6.45) is 3.04. The van der Waals surface area contributed by atoms with Crippen LogP contribution in [-0.2, 0) is 0 Å². The first-order valence-electron chi connectivity index (χ1n) is 8.66. The van der Waals surface area contributed by atoms with Gasteiger partial charge in [-0.25, -0.2) is 0 Å². The lowest BCUT2D eigenvalue weighted by atomic mass is 9.98. The van der Waals surface area contributed by atoms with Gasteiger partial charge in [0.2, 0.25) is 0 Å². The van der Waals surface area contributed by atoms with E-state index < -0.39 is 4.92 Å². The van der Waals surface area contributed by atoms with Crippen molar-refractivity contribution in [2.75, 3.05) is 5.32 Å². The lowest BCUT2D eigenvalue weighted by molar-refractivity contribution is -0.384. The summed E-state index contributed by atoms with van der Waals surface area (Å²) in [5.74, 6) is -0.0753. The summed E-state index contributed by atoms with van der Waals surface area (Å²) in [5.41, 5.74) is 0.797. The minimum absolute atomic E-state index is 0.0596. The summed E-state index contributed by atoms with van der Waals surface area (Å²) in [6.45, 7) is 0. The number of pyridine rings is 2. The number of benzene rings is 2. The molecule has 0 saturated carbocycles. The van der Waals surface area contributed by atoms with Crippen LogP contribution in [0.2, 0.25) is 0 Å². The summed E-state index contributed by atoms with van der Waals surface area (Å²) in [6, 6.07) is 15.7. The highest BCUT2D eigenvalue weighted by Crippen LogP contribution is 2.27. The zero-order chi connectivity index (χ0) is 20.4. The molecule has 8 heteroatoms. The molecule has 0 saturated heterocycles. The van der Waals surface area contributed by atoms with E-state index in [1.807, 2.05) is 0 Å². The number of nitrogens with one attached hydrogen (secondary N) is 2. The predicted octanol–water partition coefficient (Wildman–Crippen LogP) is 3.81. The van der Waals surface area contributed by atoms with E-state index in [1.165, 1.54) is 36.7 Å². The molecular weight excluding hydrogens is 372 g/mol. The Balaban J connectivity index is 1.88. The summed E-state index contributed by atoms with van der Waals surface area (Å²) < 4.78 is 0. The summed E-state index contributed by atoms with van der Waals surface area (Å²) in [5, 5.41) is 14.7. The van der Waals surface area contributed by atoms with Crippen molar-refractivity contribution in [1.29, 1.82) is 0 Å². The molecule has 0 aliphatic carbocycles. The van der Waals surface area contributed by atoms with E-state index in [4.69, 9.17) is 0 Å². The number of non-ortho nitro benzene ring substituents is 1. The first kappa shape index (κ1) is 18.1. The van der Waals surface area contributed by atoms with Crippen molar-refractivity contribution in [3.63, 3.8) is 0 Å². The van der Waals surface area contributed by atoms with E-state index >= 15 is 0 Å². The highest BCUT2D eigenvalue weighted by atomic mass is 16.6. The van der Waals surface area contributed by atoms with Crippen molar-refractivity contribution in [3.05, 3.63) is 105 Å². The van der Waals surface area contributed by atoms with Crippen LogP contribution in [-0.4, -0.2) is 20.7 Å². The van der Waals surface area contributed by atoms with Crippen LogP contribution in [0.3, 0.4) is 0 Å². The second-order valence-electron chi connectivity index (χ2n) is 6.24. The molecule has 0 radical (unpaired) electrons. The molecule has 0 atom stereocenters. The number of nitro benzene ring substituents is 1. The second-order valence-corrected chi connectivity index (χ2v) is 6.24. The largest absolute Gasteiger partial charge is 0.341 e. The number of carbonyl (C=O) groups is 1. The molecule has 2 aromatic carbocycles. The number of carbonyl (C=O) groups excluding carboxylic acids is 1. The van der Waals surface area contributed by atoms with Crippen molar-refractivity contribution < 1.29 is 9.72 Å². The molecule has 0 fully saturated rings. The van der Waals surface area contributed by atoms with Crippen LogP contribution in [0.4, 0.5) is 17.2 Å². The van der Waals surface area contributed by atoms with Crippen molar-refractivity contribution in [1.82, 2.24) is 9.97 Å². The van der Waals surface area contributed by atoms with Gasteiger partial charge in [0.05, 0.1) is 10.5 Å². The normalized spacial score (nSPS) is 10.6. The first-order chi connectivity index (χ1) is 14.0. The molecule has 0 spiro atoms. The molecule has 0 aliphatic rings. The average molecular weight is 386 g/mol. The molecule has 0 amide bonds. The van der Waals surface area contributed by atoms with Gasteiger partial charge in [-0.2, -0.15) is 0 Å². The Morgan fingerprint density at radius 1 is 0.966 bits per heavy atom. The van der Waals surface area contributed by atoms with E-state index in [0.717, 1.165) is 0 Å². The Bertz CT molecular complexity index is 1280. The first-order valence-corrected chi connectivity index (χ1v) is 8.66. The number of aromatic amines is 1. The lowest BCUT2D eigenvalue weighted by Crippen LogP contribution is -2.16. The van der Waals surface area contributed by atoms with Gasteiger partial charge in [-0.05, 0) is 30.3 Å². The number of nitrogens with zero attached hydrogens (tertiary/aromatic N) is 2. The number of hydrogen-bond donors (Lipinski definition) is 2. The minimum atomic E-state index is -0.500. The Morgan fingerprint density at radius 3 is 2.28 bits per heavy atom. The standard InChI is InChI=1S/C21H14N4O4/c26-19(13-9-11-22-12-10-13)18-16-3-1-2-4-17(16)21(27)24-20(18)23-14-5-7-15(8-6-14)25(28)29/h1-12H,(H2,23,24,27). The van der Waals surface area contributed by atoms with Gasteiger partial charge >= 0.3 is 0 Å². The zero-order valence-electron chi connectivity index (χ0n) is 15.0. The highest BCUT2D eigenvalue weighted by molar-refractivity contribution is 6.19. The molecule has 29 heavy (non-hydrogen) atoms. The van der Waals surface area contributed by atoms with E-state index in [9.17, 15) is 19.7 Å². The number of fused-ring (bicyclic) bond motifs is 1. The van der Waals surface area contributed by atoms with Crippen molar-refractivity contribution in [2.24, 2.45) is 0 Å². The van der Waals surface area contributed by atoms with Crippen LogP contribution in [0.5, 0.6) is 0 Å². The fraction of sp³-hybridized carbons (Fsp3) is 0. The Morgan fingerprint density at radius 2 is 1.62 bits per heavy atom. The summed E-state index contributed by atoms with van der Waals surface area (Å²) >= 11 is 0. The smallest absolute Gasteiger partial charge is 0.269 e. The lowest BCUT2D eigenvalue weighted by Gasteiger charge is -2.14. The summed E-state index contributed by atoms with van der Waals surface area (Å²) in [7, 11) is 0. The van der Waals surface area contributed by atoms with Crippen LogP contribution in [0, 0.1) is 10.1 Å². The van der Waals surface area contributed by atoms with Gasteiger partial charge in [0.25, 0.3) is 11.2 Å². The number of H-pyrrole nitrogens is 1. The second kappa shape index (κ2) is 7.35. The molecule has 4 rings (SSSR count). The number of nitro groups is 1. The molecule has 4 aromatic rings. The maximum atomic E-state index is 13.2. The van der Waals surface area contributed by atoms with Gasteiger partial charge in [-0.3, -0.25) is 24.7 Å². The third-order valence-electron chi connectivity index (χ3n) is 4.45. The number of ketones is 1. The molecule has 0 bridgehead atoms. The molecule has 0 aliphatic heterocycles. The molecule has 2 aromatic heterocycles. The quantitative estimate of drug-likeness (QED) is 0.306. The van der Waals surface area contributed by atoms with Crippen molar-refractivity contribution >= 4 is 33.7 Å². The van der Waals surface area contributed by atoms with E-state index in [-0.39, 0.29) is 22.8 Å². The highest BCUT2D eigenvalue weighted by Gasteiger charge is 2.20. The summed E-state index contributed by atoms with van der Waals surface area (Å²) in [4.78, 5) is 42.8. The minimum Gasteiger partial charge on any atom is -0.341 e. The van der Waals surface area contributed by atoms with Gasteiger partial charge in [0.1, 0.15) is 5.82 Å². The van der Waals surface area contributed by atoms with Crippen LogP contribution in [0.1, 0.15) is 15.9 Å². The number of rotatable bonds is 5. The van der Waals surface area contributed by atoms with Gasteiger partial charge in [-0.15, -0.1) is 0 Å². The van der Waals surface area contributed by atoms with Crippen molar-refractivity contribution in [2.45, 2.75) is 0 Å². The molecule has 0 unspecified atom stereocenters. The third-order valence-corrected chi connectivity index (χ3v) is 4.45. The fourth-order valence-electron chi connectivity index (χ4n) is 3.07. The Kier molecular flexibility index (Phi) is 4.58. The van der Waals surface area contributed by atoms with Gasteiger partial charge in [-0.1, -0.05) is 18.2 Å². The fourth-order valence-corrected chi connectivity index (χ4v) is 3.07. The zero-order valence-corrected chi connectivity index (χ0v) is 15.0. The molecule has 142 valence electrons. The maximum absolute atomic E-state index is 13.2.